The fraction of sp³-hybridized carbons (Fsp3) is 0.583. The number of nitro groups is 1. The molecule has 0 fully saturated rings. The highest BCUT2D eigenvalue weighted by atomic mass is 16.7. The molecule has 0 unspecified atom stereocenters. The summed E-state index contributed by atoms with van der Waals surface area (Å²) in [5, 5.41) is 31.4. The van der Waals surface area contributed by atoms with Gasteiger partial charge in [-0.25, -0.2) is 15.1 Å². The second-order valence-electron chi connectivity index (χ2n) is 9.02. The van der Waals surface area contributed by atoms with Gasteiger partial charge in [-0.15, -0.1) is 0 Å². The topological polar surface area (TPSA) is 197 Å². The Morgan fingerprint density at radius 2 is 1.78 bits per heavy atom. The average molecular weight is 521 g/mol. The van der Waals surface area contributed by atoms with Gasteiger partial charge < -0.3 is 21.1 Å². The van der Waals surface area contributed by atoms with Crippen molar-refractivity contribution in [3.8, 4) is 0 Å². The van der Waals surface area contributed by atoms with Gasteiger partial charge in [0.2, 0.25) is 5.91 Å². The number of aliphatic imine (C=N–C) groups is 1. The summed E-state index contributed by atoms with van der Waals surface area (Å²) in [7, 11) is -1.76. The lowest BCUT2D eigenvalue weighted by molar-refractivity contribution is -0.525. The Hall–Kier alpha value is -3.32. The van der Waals surface area contributed by atoms with Gasteiger partial charge in [0, 0.05) is 37.3 Å². The van der Waals surface area contributed by atoms with Gasteiger partial charge in [-0.3, -0.25) is 14.4 Å². The molecule has 13 heteroatoms. The monoisotopic (exact) mass is 521 g/mol. The first-order chi connectivity index (χ1) is 17.0. The van der Waals surface area contributed by atoms with Gasteiger partial charge in [0.15, 0.2) is 10.8 Å². The van der Waals surface area contributed by atoms with Crippen LogP contribution in [0.25, 0.3) is 0 Å². The van der Waals surface area contributed by atoms with Gasteiger partial charge in [0.25, 0.3) is 5.96 Å². The Morgan fingerprint density at radius 1 is 1.14 bits per heavy atom. The maximum atomic E-state index is 12.9. The van der Waals surface area contributed by atoms with E-state index in [2.05, 4.69) is 10.3 Å². The van der Waals surface area contributed by atoms with E-state index in [1.807, 2.05) is 19.9 Å². The van der Waals surface area contributed by atoms with Crippen LogP contribution in [0.4, 0.5) is 0 Å². The predicted octanol–water partition coefficient (Wildman–Crippen LogP) is 1.67. The number of carbonyl (C=O) groups excluding carboxylic acids is 3. The number of nitrogens with zero attached hydrogens (tertiary/aromatic N) is 2. The molecule has 6 N–H and O–H groups in total. The number of nitrogens with one attached hydrogen (secondary N) is 2. The minimum absolute atomic E-state index is 0. The summed E-state index contributed by atoms with van der Waals surface area (Å²) in [6.07, 6.45) is 1.46. The Labute approximate surface area is 218 Å². The van der Waals surface area contributed by atoms with Crippen LogP contribution in [0.3, 0.4) is 0 Å². The summed E-state index contributed by atoms with van der Waals surface area (Å²) in [5.41, 5.74) is 7.68. The van der Waals surface area contributed by atoms with Crippen LogP contribution in [0.1, 0.15) is 76.6 Å². The van der Waals surface area contributed by atoms with Crippen LogP contribution in [-0.2, 0) is 9.59 Å². The Bertz CT molecular complexity index is 897. The van der Waals surface area contributed by atoms with E-state index in [9.17, 15) is 34.5 Å². The minimum Gasteiger partial charge on any atom is -0.426 e. The molecule has 1 aromatic rings. The zero-order valence-electron chi connectivity index (χ0n) is 20.8. The zero-order valence-corrected chi connectivity index (χ0v) is 20.8. The van der Waals surface area contributed by atoms with Gasteiger partial charge in [-0.2, -0.15) is 0 Å². The van der Waals surface area contributed by atoms with Gasteiger partial charge >= 0.3 is 7.12 Å². The van der Waals surface area contributed by atoms with Crippen molar-refractivity contribution < 1.29 is 29.5 Å². The van der Waals surface area contributed by atoms with Crippen molar-refractivity contribution in [2.75, 3.05) is 6.54 Å². The molecule has 0 radical (unpaired) electrons. The number of nitrogens with two attached hydrogens (primary N) is 1. The largest absolute Gasteiger partial charge is 0.475 e. The van der Waals surface area contributed by atoms with Crippen molar-refractivity contribution in [1.29, 1.82) is 0 Å². The van der Waals surface area contributed by atoms with E-state index in [0.717, 1.165) is 0 Å². The molecule has 0 saturated carbocycles. The lowest BCUT2D eigenvalue weighted by Gasteiger charge is -2.23. The van der Waals surface area contributed by atoms with E-state index >= 15 is 0 Å². The van der Waals surface area contributed by atoms with Crippen molar-refractivity contribution in [2.24, 2.45) is 22.6 Å². The van der Waals surface area contributed by atoms with Crippen LogP contribution in [0.15, 0.2) is 35.3 Å². The van der Waals surface area contributed by atoms with Crippen molar-refractivity contribution >= 4 is 30.6 Å². The number of hydrazine groups is 1. The average Bonchev–Trinajstić information content (AvgIpc) is 2.80. The summed E-state index contributed by atoms with van der Waals surface area (Å²) < 4.78 is 0. The Balaban J connectivity index is 0.0000130. The first-order valence-electron chi connectivity index (χ1n) is 12.0. The maximum Gasteiger partial charge on any atom is 0.475 e. The zero-order chi connectivity index (χ0) is 27.1. The second kappa shape index (κ2) is 18.0. The summed E-state index contributed by atoms with van der Waals surface area (Å²) in [6, 6.07) is 8.77. The molecule has 0 spiro atoms. The van der Waals surface area contributed by atoms with E-state index in [4.69, 9.17) is 5.73 Å². The summed E-state index contributed by atoms with van der Waals surface area (Å²) in [4.78, 5) is 52.0. The lowest BCUT2D eigenvalue weighted by atomic mass is 9.74. The van der Waals surface area contributed by atoms with E-state index in [0.29, 0.717) is 24.8 Å². The van der Waals surface area contributed by atoms with Crippen LogP contribution >= 0.6 is 0 Å². The normalized spacial score (nSPS) is 12.7. The fourth-order valence-electron chi connectivity index (χ4n) is 3.65. The van der Waals surface area contributed by atoms with E-state index in [1.54, 1.807) is 29.7 Å². The Morgan fingerprint density at radius 3 is 2.35 bits per heavy atom. The molecule has 0 aromatic heterocycles. The third kappa shape index (κ3) is 14.7. The first-order valence-corrected chi connectivity index (χ1v) is 12.0. The molecule has 0 aliphatic heterocycles. The predicted molar refractivity (Wildman–Crippen MR) is 142 cm³/mol. The van der Waals surface area contributed by atoms with Crippen LogP contribution in [0.2, 0.25) is 0 Å². The lowest BCUT2D eigenvalue weighted by Crippen LogP contribution is -2.49. The number of carbonyl (C=O) groups is 3. The Kier molecular flexibility index (Phi) is 16.4. The highest BCUT2D eigenvalue weighted by Crippen LogP contribution is 2.17. The first kappa shape index (κ1) is 33.7. The number of ketones is 2. The third-order valence-electron chi connectivity index (χ3n) is 5.41. The van der Waals surface area contributed by atoms with Crippen LogP contribution in [-0.4, -0.2) is 58.1 Å². The standard InChI is InChI=1S/C23H36BN5O7.CH4/c1-16(2)14-21(24(33)34)27-22(32)18(10-7-13-26-23(25)28-29(35)36)15-19(30)11-6-12-20(31)17-8-4-3-5-9-17;/h3-5,8-9,16,18,21,33-34H,6-7,10-15H2,1-2H3,(H,27,32)(H3,25,26,28);1H4/t18-,21+;/m1./s1. The molecule has 1 amide bonds. The molecular weight excluding hydrogens is 481 g/mol. The number of guanidine groups is 1. The minimum atomic E-state index is -1.76. The molecule has 0 saturated heterocycles. The summed E-state index contributed by atoms with van der Waals surface area (Å²) in [5.74, 6) is -2.70. The number of Topliss-reactive ketones (excluding diaryl/α,β-unsaturated/α-hetero) is 2. The molecule has 1 aromatic carbocycles. The van der Waals surface area contributed by atoms with Gasteiger partial charge in [-0.05, 0) is 31.6 Å². The third-order valence-corrected chi connectivity index (χ3v) is 5.41. The molecule has 0 heterocycles. The van der Waals surface area contributed by atoms with Gasteiger partial charge in [-0.1, -0.05) is 57.0 Å². The molecule has 2 atom stereocenters. The van der Waals surface area contributed by atoms with Gasteiger partial charge in [0.05, 0.1) is 5.94 Å². The van der Waals surface area contributed by atoms with Gasteiger partial charge in [0.1, 0.15) is 5.78 Å². The molecule has 206 valence electrons. The number of rotatable bonds is 17. The van der Waals surface area contributed by atoms with Crippen molar-refractivity contribution in [2.45, 2.75) is 72.2 Å². The van der Waals surface area contributed by atoms with Crippen molar-refractivity contribution in [1.82, 2.24) is 10.7 Å². The number of hydrogen-bond donors (Lipinski definition) is 5. The quantitative estimate of drug-likeness (QED) is 0.0385. The molecule has 0 aliphatic carbocycles. The second-order valence-corrected chi connectivity index (χ2v) is 9.02. The maximum absolute atomic E-state index is 12.9. The molecule has 0 bridgehead atoms. The molecule has 1 rings (SSSR count). The van der Waals surface area contributed by atoms with E-state index < -0.39 is 29.9 Å². The molecule has 12 nitrogen and oxygen atoms in total. The fourth-order valence-corrected chi connectivity index (χ4v) is 3.65. The number of hydrogen-bond acceptors (Lipinski definition) is 8. The van der Waals surface area contributed by atoms with Crippen LogP contribution < -0.4 is 16.5 Å². The van der Waals surface area contributed by atoms with E-state index in [1.165, 1.54) is 0 Å². The molecular formula is C24H40BN5O7. The number of amides is 1. The SMILES string of the molecule is C.CC(C)C[C@H](NC(=O)[C@H](CCCN=C(N)N[N+](=O)[O-])CC(=O)CCCC(=O)c1ccccc1)B(O)O. The van der Waals surface area contributed by atoms with Crippen molar-refractivity contribution in [3.05, 3.63) is 46.0 Å². The molecule has 37 heavy (non-hydrogen) atoms. The smallest absolute Gasteiger partial charge is 0.426 e. The summed E-state index contributed by atoms with van der Waals surface area (Å²) >= 11 is 0. The number of benzene rings is 1. The molecule has 0 aliphatic rings. The van der Waals surface area contributed by atoms with E-state index in [-0.39, 0.29) is 63.1 Å². The highest BCUT2D eigenvalue weighted by Gasteiger charge is 2.30. The van der Waals surface area contributed by atoms with Crippen molar-refractivity contribution in [3.63, 3.8) is 0 Å². The van der Waals surface area contributed by atoms with Crippen LogP contribution in [0, 0.1) is 22.0 Å². The summed E-state index contributed by atoms with van der Waals surface area (Å²) in [6.45, 7) is 3.84. The van der Waals surface area contributed by atoms with Crippen LogP contribution in [0.5, 0.6) is 0 Å². The highest BCUT2D eigenvalue weighted by molar-refractivity contribution is 6.43.